The van der Waals surface area contributed by atoms with Crippen molar-refractivity contribution in [3.63, 3.8) is 0 Å². The summed E-state index contributed by atoms with van der Waals surface area (Å²) in [5.74, 6) is 0.207. The van der Waals surface area contributed by atoms with Gasteiger partial charge in [-0.25, -0.2) is 4.79 Å². The van der Waals surface area contributed by atoms with Gasteiger partial charge in [-0.1, -0.05) is 6.07 Å². The van der Waals surface area contributed by atoms with E-state index in [2.05, 4.69) is 0 Å². The van der Waals surface area contributed by atoms with Crippen LogP contribution in [-0.2, 0) is 9.47 Å². The van der Waals surface area contributed by atoms with E-state index in [1.165, 1.54) is 7.11 Å². The Bertz CT molecular complexity index is 410. The zero-order chi connectivity index (χ0) is 12.7. The van der Waals surface area contributed by atoms with Crippen molar-refractivity contribution in [2.75, 3.05) is 20.8 Å². The molecule has 0 bridgehead atoms. The predicted octanol–water partition coefficient (Wildman–Crippen LogP) is 2.49. The Labute approximate surface area is 101 Å². The molecule has 1 aromatic rings. The van der Waals surface area contributed by atoms with Gasteiger partial charge in [0.2, 0.25) is 0 Å². The Kier molecular flexibility index (Phi) is 5.07. The second-order valence-corrected chi connectivity index (χ2v) is 3.20. The fraction of sp³-hybridized carbons (Fsp3) is 0.308. The van der Waals surface area contributed by atoms with Crippen LogP contribution < -0.4 is 4.74 Å². The number of carbonyl (C=O) groups excluding carboxylic acids is 1. The Morgan fingerprint density at radius 1 is 1.35 bits per heavy atom. The number of ether oxygens (including phenoxy) is 3. The molecule has 4 nitrogen and oxygen atoms in total. The third kappa shape index (κ3) is 3.52. The van der Waals surface area contributed by atoms with Crippen LogP contribution in [-0.4, -0.2) is 26.8 Å². The van der Waals surface area contributed by atoms with Crippen molar-refractivity contribution in [3.05, 3.63) is 35.6 Å². The van der Waals surface area contributed by atoms with E-state index < -0.39 is 5.97 Å². The lowest BCUT2D eigenvalue weighted by atomic mass is 10.1. The summed E-state index contributed by atoms with van der Waals surface area (Å²) in [6, 6.07) is 5.19. The molecule has 0 fully saturated rings. The molecular weight excluding hydrogens is 220 g/mol. The quantitative estimate of drug-likeness (QED) is 0.582. The fourth-order valence-corrected chi connectivity index (χ4v) is 1.31. The largest absolute Gasteiger partial charge is 0.501 e. The van der Waals surface area contributed by atoms with Crippen molar-refractivity contribution < 1.29 is 19.0 Å². The van der Waals surface area contributed by atoms with Gasteiger partial charge < -0.3 is 14.2 Å². The maximum atomic E-state index is 11.6. The van der Waals surface area contributed by atoms with Gasteiger partial charge in [0.15, 0.2) is 0 Å². The molecule has 0 radical (unpaired) electrons. The van der Waals surface area contributed by atoms with E-state index in [0.717, 1.165) is 5.56 Å². The predicted molar refractivity (Wildman–Crippen MR) is 65.0 cm³/mol. The molecule has 0 aliphatic carbocycles. The van der Waals surface area contributed by atoms with Crippen LogP contribution in [0.4, 0.5) is 0 Å². The van der Waals surface area contributed by atoms with Gasteiger partial charge in [-0.05, 0) is 30.7 Å². The van der Waals surface area contributed by atoms with Crippen molar-refractivity contribution in [3.8, 4) is 5.75 Å². The summed E-state index contributed by atoms with van der Waals surface area (Å²) in [6.07, 6.45) is 3.27. The molecule has 0 saturated heterocycles. The van der Waals surface area contributed by atoms with Gasteiger partial charge in [0.25, 0.3) is 0 Å². The maximum absolute atomic E-state index is 11.6. The standard InChI is InChI=1S/C13H16O4/c1-4-17-8-7-10-5-6-11(15-2)9-12(10)13(14)16-3/h5-9H,4H2,1-3H3. The number of hydrogen-bond donors (Lipinski definition) is 0. The van der Waals surface area contributed by atoms with Gasteiger partial charge in [0.05, 0.1) is 32.7 Å². The van der Waals surface area contributed by atoms with Crippen molar-refractivity contribution in [1.82, 2.24) is 0 Å². The van der Waals surface area contributed by atoms with E-state index in [4.69, 9.17) is 14.2 Å². The van der Waals surface area contributed by atoms with E-state index in [9.17, 15) is 4.79 Å². The normalized spacial score (nSPS) is 10.3. The smallest absolute Gasteiger partial charge is 0.338 e. The van der Waals surface area contributed by atoms with E-state index in [-0.39, 0.29) is 0 Å². The summed E-state index contributed by atoms with van der Waals surface area (Å²) in [5.41, 5.74) is 1.17. The Morgan fingerprint density at radius 3 is 2.71 bits per heavy atom. The monoisotopic (exact) mass is 236 g/mol. The summed E-state index contributed by atoms with van der Waals surface area (Å²) < 4.78 is 14.9. The number of carbonyl (C=O) groups is 1. The minimum Gasteiger partial charge on any atom is -0.501 e. The van der Waals surface area contributed by atoms with E-state index in [0.29, 0.717) is 17.9 Å². The van der Waals surface area contributed by atoms with Crippen molar-refractivity contribution in [1.29, 1.82) is 0 Å². The Hall–Kier alpha value is -1.97. The van der Waals surface area contributed by atoms with Gasteiger partial charge in [-0.2, -0.15) is 0 Å². The van der Waals surface area contributed by atoms with E-state index in [1.54, 1.807) is 37.6 Å². The molecule has 0 aromatic heterocycles. The number of benzene rings is 1. The number of methoxy groups -OCH3 is 2. The van der Waals surface area contributed by atoms with Crippen LogP contribution in [0.1, 0.15) is 22.8 Å². The average molecular weight is 236 g/mol. The highest BCUT2D eigenvalue weighted by Crippen LogP contribution is 2.19. The van der Waals surface area contributed by atoms with Crippen LogP contribution in [0.3, 0.4) is 0 Å². The molecule has 0 N–H and O–H groups in total. The first-order valence-electron chi connectivity index (χ1n) is 5.27. The highest BCUT2D eigenvalue weighted by atomic mass is 16.5. The zero-order valence-corrected chi connectivity index (χ0v) is 10.2. The molecule has 0 aliphatic rings. The third-order valence-corrected chi connectivity index (χ3v) is 2.18. The second kappa shape index (κ2) is 6.58. The molecule has 4 heteroatoms. The van der Waals surface area contributed by atoms with E-state index in [1.807, 2.05) is 6.92 Å². The average Bonchev–Trinajstić information content (AvgIpc) is 2.38. The second-order valence-electron chi connectivity index (χ2n) is 3.20. The molecular formula is C13H16O4. The van der Waals surface area contributed by atoms with Crippen molar-refractivity contribution >= 4 is 12.0 Å². The third-order valence-electron chi connectivity index (χ3n) is 2.18. The zero-order valence-electron chi connectivity index (χ0n) is 10.2. The van der Waals surface area contributed by atoms with Crippen LogP contribution in [0.2, 0.25) is 0 Å². The molecule has 0 saturated carbocycles. The molecule has 1 rings (SSSR count). The summed E-state index contributed by atoms with van der Waals surface area (Å²) in [7, 11) is 2.89. The first-order valence-corrected chi connectivity index (χ1v) is 5.27. The molecule has 0 atom stereocenters. The van der Waals surface area contributed by atoms with Crippen LogP contribution >= 0.6 is 0 Å². The topological polar surface area (TPSA) is 44.8 Å². The number of rotatable bonds is 5. The molecule has 0 spiro atoms. The highest BCUT2D eigenvalue weighted by Gasteiger charge is 2.11. The molecule has 1 aromatic carbocycles. The van der Waals surface area contributed by atoms with Gasteiger partial charge in [0, 0.05) is 0 Å². The molecule has 0 amide bonds. The molecule has 0 unspecified atom stereocenters. The number of esters is 1. The summed E-state index contributed by atoms with van der Waals surface area (Å²) >= 11 is 0. The van der Waals surface area contributed by atoms with Crippen LogP contribution in [0.15, 0.2) is 24.5 Å². The molecule has 0 heterocycles. The minimum atomic E-state index is -0.403. The maximum Gasteiger partial charge on any atom is 0.338 e. The first kappa shape index (κ1) is 13.1. The summed E-state index contributed by atoms with van der Waals surface area (Å²) in [6.45, 7) is 2.47. The molecule has 0 aliphatic heterocycles. The van der Waals surface area contributed by atoms with Crippen LogP contribution in [0.5, 0.6) is 5.75 Å². The Morgan fingerprint density at radius 2 is 2.12 bits per heavy atom. The molecule has 92 valence electrons. The van der Waals surface area contributed by atoms with Gasteiger partial charge >= 0.3 is 5.97 Å². The first-order chi connectivity index (χ1) is 8.22. The van der Waals surface area contributed by atoms with Crippen LogP contribution in [0.25, 0.3) is 6.08 Å². The van der Waals surface area contributed by atoms with Gasteiger partial charge in [-0.3, -0.25) is 0 Å². The number of hydrogen-bond acceptors (Lipinski definition) is 4. The Balaban J connectivity index is 3.06. The van der Waals surface area contributed by atoms with Gasteiger partial charge in [0.1, 0.15) is 5.75 Å². The lowest BCUT2D eigenvalue weighted by Crippen LogP contribution is -2.04. The van der Waals surface area contributed by atoms with Crippen LogP contribution in [0, 0.1) is 0 Å². The van der Waals surface area contributed by atoms with E-state index >= 15 is 0 Å². The fourth-order valence-electron chi connectivity index (χ4n) is 1.31. The highest BCUT2D eigenvalue weighted by molar-refractivity contribution is 5.94. The van der Waals surface area contributed by atoms with Crippen molar-refractivity contribution in [2.45, 2.75) is 6.92 Å². The van der Waals surface area contributed by atoms with Crippen molar-refractivity contribution in [2.24, 2.45) is 0 Å². The SMILES string of the molecule is CCOC=Cc1ccc(OC)cc1C(=O)OC. The lowest BCUT2D eigenvalue weighted by Gasteiger charge is -2.06. The summed E-state index contributed by atoms with van der Waals surface area (Å²) in [5, 5.41) is 0. The summed E-state index contributed by atoms with van der Waals surface area (Å²) in [4.78, 5) is 11.6. The minimum absolute atomic E-state index is 0.403. The lowest BCUT2D eigenvalue weighted by molar-refractivity contribution is 0.0600. The van der Waals surface area contributed by atoms with Gasteiger partial charge in [-0.15, -0.1) is 0 Å². The molecule has 17 heavy (non-hydrogen) atoms.